The lowest BCUT2D eigenvalue weighted by Gasteiger charge is -2.15. The highest BCUT2D eigenvalue weighted by atomic mass is 35.5. The van der Waals surface area contributed by atoms with E-state index in [4.69, 9.17) is 11.6 Å². The van der Waals surface area contributed by atoms with Crippen molar-refractivity contribution < 1.29 is 26.7 Å². The largest absolute Gasteiger partial charge is 0.417 e. The van der Waals surface area contributed by atoms with E-state index in [1.54, 1.807) is 0 Å². The first-order valence-electron chi connectivity index (χ1n) is 5.32. The summed E-state index contributed by atoms with van der Waals surface area (Å²) in [4.78, 5) is 18.5. The van der Waals surface area contributed by atoms with Crippen molar-refractivity contribution in [1.29, 1.82) is 0 Å². The molecule has 0 radical (unpaired) electrons. The van der Waals surface area contributed by atoms with Crippen molar-refractivity contribution in [2.45, 2.75) is 12.1 Å². The van der Waals surface area contributed by atoms with E-state index in [2.05, 4.69) is 9.98 Å². The highest BCUT2D eigenvalue weighted by molar-refractivity contribution is 6.31. The summed E-state index contributed by atoms with van der Waals surface area (Å²) in [5, 5.41) is -0.969. The van der Waals surface area contributed by atoms with Crippen LogP contribution in [0.25, 0.3) is 0 Å². The van der Waals surface area contributed by atoms with Crippen molar-refractivity contribution in [1.82, 2.24) is 9.88 Å². The van der Waals surface area contributed by atoms with Gasteiger partial charge < -0.3 is 4.90 Å². The summed E-state index contributed by atoms with van der Waals surface area (Å²) in [5.74, 6) is -6.11. The molecule has 0 saturated heterocycles. The third-order valence-electron chi connectivity index (χ3n) is 2.14. The van der Waals surface area contributed by atoms with E-state index in [9.17, 15) is 26.7 Å². The summed E-state index contributed by atoms with van der Waals surface area (Å²) in [6.07, 6.45) is -3.77. The molecule has 1 aromatic rings. The molecule has 0 N–H and O–H groups in total. The van der Waals surface area contributed by atoms with Crippen LogP contribution >= 0.6 is 11.6 Å². The van der Waals surface area contributed by atoms with Gasteiger partial charge in [-0.2, -0.15) is 26.9 Å². The lowest BCUT2D eigenvalue weighted by Crippen LogP contribution is -2.27. The fourth-order valence-electron chi connectivity index (χ4n) is 1.17. The lowest BCUT2D eigenvalue weighted by molar-refractivity contribution is -0.143. The Morgan fingerprint density at radius 1 is 1.33 bits per heavy atom. The van der Waals surface area contributed by atoms with E-state index in [-0.39, 0.29) is 12.3 Å². The minimum absolute atomic E-state index is 0.179. The predicted molar refractivity (Wildman–Crippen MR) is 65.3 cm³/mol. The second-order valence-electron chi connectivity index (χ2n) is 4.14. The van der Waals surface area contributed by atoms with Gasteiger partial charge in [-0.05, 0) is 6.07 Å². The van der Waals surface area contributed by atoms with Crippen LogP contribution in [0, 0.1) is 0 Å². The fourth-order valence-corrected chi connectivity index (χ4v) is 1.46. The molecule has 1 amide bonds. The molecule has 0 aliphatic rings. The third kappa shape index (κ3) is 4.10. The third-order valence-corrected chi connectivity index (χ3v) is 2.43. The Balaban J connectivity index is 3.18. The normalized spacial score (nSPS) is 12.8. The molecule has 1 heterocycles. The van der Waals surface area contributed by atoms with Crippen molar-refractivity contribution in [2.75, 3.05) is 14.1 Å². The maximum Gasteiger partial charge on any atom is 0.417 e. The monoisotopic (exact) mass is 329 g/mol. The number of hydrogen-bond donors (Lipinski definition) is 0. The standard InChI is InChI=1S/C11H9ClF5N3O/c1-20(2)5-19-9(21)10(13,14)8-7(12)3-6(4-18-8)11(15,16)17/h3-5H,1-2H3. The molecule has 21 heavy (non-hydrogen) atoms. The Morgan fingerprint density at radius 3 is 2.33 bits per heavy atom. The second kappa shape index (κ2) is 5.92. The molecule has 1 aromatic heterocycles. The summed E-state index contributed by atoms with van der Waals surface area (Å²) in [6, 6.07) is 0.279. The molecule has 0 aromatic carbocycles. The number of aromatic nitrogens is 1. The predicted octanol–water partition coefficient (Wildman–Crippen LogP) is 2.96. The van der Waals surface area contributed by atoms with E-state index in [1.165, 1.54) is 19.0 Å². The van der Waals surface area contributed by atoms with Crippen LogP contribution in [0.2, 0.25) is 5.02 Å². The summed E-state index contributed by atoms with van der Waals surface area (Å²) in [5.41, 5.74) is -2.57. The second-order valence-corrected chi connectivity index (χ2v) is 4.55. The van der Waals surface area contributed by atoms with Crippen LogP contribution in [0.5, 0.6) is 0 Å². The summed E-state index contributed by atoms with van der Waals surface area (Å²) in [7, 11) is 2.89. The quantitative estimate of drug-likeness (QED) is 0.486. The van der Waals surface area contributed by atoms with E-state index in [0.717, 1.165) is 6.34 Å². The molecule has 0 aliphatic carbocycles. The van der Waals surface area contributed by atoms with Gasteiger partial charge in [0.25, 0.3) is 0 Å². The number of halogens is 6. The molecule has 0 saturated carbocycles. The van der Waals surface area contributed by atoms with Crippen LogP contribution in [0.15, 0.2) is 17.3 Å². The van der Waals surface area contributed by atoms with E-state index >= 15 is 0 Å². The Bertz CT molecular complexity index is 571. The zero-order valence-electron chi connectivity index (χ0n) is 10.7. The zero-order chi connectivity index (χ0) is 16.4. The number of amides is 1. The molecule has 10 heteroatoms. The van der Waals surface area contributed by atoms with Crippen LogP contribution in [-0.2, 0) is 16.9 Å². The Hall–Kier alpha value is -1.77. The highest BCUT2D eigenvalue weighted by Gasteiger charge is 2.45. The van der Waals surface area contributed by atoms with E-state index in [0.29, 0.717) is 0 Å². The van der Waals surface area contributed by atoms with Crippen molar-refractivity contribution >= 4 is 23.8 Å². The molecule has 0 unspecified atom stereocenters. The van der Waals surface area contributed by atoms with Crippen molar-refractivity contribution in [3.8, 4) is 0 Å². The topological polar surface area (TPSA) is 45.6 Å². The van der Waals surface area contributed by atoms with Crippen molar-refractivity contribution in [2.24, 2.45) is 4.99 Å². The summed E-state index contributed by atoms with van der Waals surface area (Å²) in [6.45, 7) is 0. The number of nitrogens with zero attached hydrogens (tertiary/aromatic N) is 3. The van der Waals surface area contributed by atoms with Gasteiger partial charge in [0.1, 0.15) is 5.69 Å². The van der Waals surface area contributed by atoms with Gasteiger partial charge >= 0.3 is 18.0 Å². The van der Waals surface area contributed by atoms with Gasteiger partial charge in [-0.1, -0.05) is 11.6 Å². The van der Waals surface area contributed by atoms with Crippen LogP contribution in [0.1, 0.15) is 11.3 Å². The Morgan fingerprint density at radius 2 is 1.90 bits per heavy atom. The first-order valence-corrected chi connectivity index (χ1v) is 5.70. The van der Waals surface area contributed by atoms with Crippen LogP contribution in [-0.4, -0.2) is 36.2 Å². The summed E-state index contributed by atoms with van der Waals surface area (Å²) < 4.78 is 64.7. The number of aliphatic imine (C=N–C) groups is 1. The van der Waals surface area contributed by atoms with Gasteiger partial charge in [0, 0.05) is 20.3 Å². The molecule has 0 fully saturated rings. The van der Waals surface area contributed by atoms with Crippen LogP contribution < -0.4 is 0 Å². The lowest BCUT2D eigenvalue weighted by atomic mass is 10.1. The van der Waals surface area contributed by atoms with Crippen LogP contribution in [0.3, 0.4) is 0 Å². The zero-order valence-corrected chi connectivity index (χ0v) is 11.5. The van der Waals surface area contributed by atoms with Gasteiger partial charge in [0.05, 0.1) is 16.9 Å². The van der Waals surface area contributed by atoms with Crippen molar-refractivity contribution in [3.05, 3.63) is 28.5 Å². The molecule has 4 nitrogen and oxygen atoms in total. The first-order chi connectivity index (χ1) is 9.46. The molecule has 0 spiro atoms. The average molecular weight is 330 g/mol. The number of alkyl halides is 5. The van der Waals surface area contributed by atoms with Gasteiger partial charge in [0.2, 0.25) is 0 Å². The smallest absolute Gasteiger partial charge is 0.369 e. The Labute approximate surface area is 121 Å². The molecule has 0 atom stereocenters. The number of carbonyl (C=O) groups excluding carboxylic acids is 1. The highest BCUT2D eigenvalue weighted by Crippen LogP contribution is 2.36. The van der Waals surface area contributed by atoms with Gasteiger partial charge in [-0.25, -0.2) is 0 Å². The molecule has 0 bridgehead atoms. The number of carbonyl (C=O) groups is 1. The Kier molecular flexibility index (Phi) is 4.87. The molecular formula is C11H9ClF5N3O. The van der Waals surface area contributed by atoms with Gasteiger partial charge in [-0.15, -0.1) is 0 Å². The van der Waals surface area contributed by atoms with Gasteiger partial charge in [0.15, 0.2) is 0 Å². The minimum atomic E-state index is -4.78. The SMILES string of the molecule is CN(C)C=NC(=O)C(F)(F)c1ncc(C(F)(F)F)cc1Cl. The molecule has 116 valence electrons. The molecule has 0 aliphatic heterocycles. The van der Waals surface area contributed by atoms with Crippen molar-refractivity contribution in [3.63, 3.8) is 0 Å². The maximum atomic E-state index is 13.8. The number of rotatable bonds is 3. The molecular weight excluding hydrogens is 321 g/mol. The first kappa shape index (κ1) is 17.3. The minimum Gasteiger partial charge on any atom is -0.369 e. The van der Waals surface area contributed by atoms with Crippen LogP contribution in [0.4, 0.5) is 22.0 Å². The average Bonchev–Trinajstić information content (AvgIpc) is 2.34. The maximum absolute atomic E-state index is 13.8. The fraction of sp³-hybridized carbons (Fsp3) is 0.364. The number of hydrogen-bond acceptors (Lipinski definition) is 2. The number of pyridine rings is 1. The summed E-state index contributed by atoms with van der Waals surface area (Å²) >= 11 is 5.37. The van der Waals surface area contributed by atoms with E-state index in [1.807, 2.05) is 0 Å². The molecule has 1 rings (SSSR count). The van der Waals surface area contributed by atoms with E-state index < -0.39 is 34.3 Å². The van der Waals surface area contributed by atoms with Gasteiger partial charge in [-0.3, -0.25) is 9.78 Å².